The lowest BCUT2D eigenvalue weighted by Gasteiger charge is -2.45. The third kappa shape index (κ3) is 9.70. The number of rotatable bonds is 13. The fourth-order valence-electron chi connectivity index (χ4n) is 10.8. The van der Waals surface area contributed by atoms with Crippen LogP contribution < -0.4 is 0 Å². The average Bonchev–Trinajstić information content (AvgIpc) is 3.23. The van der Waals surface area contributed by atoms with E-state index in [9.17, 15) is 18.0 Å². The lowest BCUT2D eigenvalue weighted by atomic mass is 9.64. The van der Waals surface area contributed by atoms with Crippen molar-refractivity contribution < 1.29 is 46.5 Å². The van der Waals surface area contributed by atoms with E-state index in [0.29, 0.717) is 12.8 Å². The molecule has 3 aliphatic rings. The van der Waals surface area contributed by atoms with Crippen LogP contribution in [0.2, 0.25) is 0 Å². The van der Waals surface area contributed by atoms with Crippen molar-refractivity contribution in [1.29, 1.82) is 0 Å². The number of hydrogen-bond donors (Lipinski definition) is 0. The monoisotopic (exact) mass is 858 g/mol. The molecule has 2 fully saturated rings. The molecule has 7 nitrogen and oxygen atoms in total. The molecule has 0 N–H and O–H groups in total. The fourth-order valence-corrected chi connectivity index (χ4v) is 10.8. The lowest BCUT2D eigenvalue weighted by Crippen LogP contribution is -2.53. The Morgan fingerprint density at radius 2 is 1.00 bits per heavy atom. The fraction of sp³-hybridized carbons (Fsp3) is 0.558. The lowest BCUT2D eigenvalue weighted by molar-refractivity contribution is -0.277. The van der Waals surface area contributed by atoms with Gasteiger partial charge in [0, 0.05) is 24.5 Å². The minimum absolute atomic E-state index is 0.0585. The van der Waals surface area contributed by atoms with Crippen LogP contribution in [0.3, 0.4) is 0 Å². The van der Waals surface area contributed by atoms with Gasteiger partial charge in [0.25, 0.3) is 5.60 Å². The molecule has 3 aromatic rings. The first-order chi connectivity index (χ1) is 29.3. The minimum atomic E-state index is -5.18. The van der Waals surface area contributed by atoms with E-state index in [1.165, 1.54) is 36.4 Å². The molecule has 0 bridgehead atoms. The van der Waals surface area contributed by atoms with Crippen LogP contribution in [-0.2, 0) is 49.8 Å². The molecular formula is C52H65F3O7. The first-order valence-electron chi connectivity index (χ1n) is 22.4. The maximum atomic E-state index is 15.0. The van der Waals surface area contributed by atoms with Crippen molar-refractivity contribution in [3.63, 3.8) is 0 Å². The number of methoxy groups -OCH3 is 1. The molecule has 3 aromatic carbocycles. The second kappa shape index (κ2) is 19.1. The molecule has 0 spiro atoms. The Morgan fingerprint density at radius 1 is 0.581 bits per heavy atom. The number of carbonyl (C=O) groups excluding carboxylic acids is 3. The molecule has 10 heteroatoms. The Morgan fingerprint density at radius 3 is 1.40 bits per heavy atom. The van der Waals surface area contributed by atoms with Gasteiger partial charge in [0.1, 0.15) is 18.3 Å². The average molecular weight is 859 g/mol. The van der Waals surface area contributed by atoms with Gasteiger partial charge < -0.3 is 18.9 Å². The van der Waals surface area contributed by atoms with E-state index in [1.807, 2.05) is 43.3 Å². The molecule has 0 radical (unpaired) electrons. The molecule has 0 heterocycles. The van der Waals surface area contributed by atoms with Crippen LogP contribution in [0.25, 0.3) is 0 Å². The molecule has 3 aliphatic carbocycles. The van der Waals surface area contributed by atoms with Gasteiger partial charge in [-0.15, -0.1) is 0 Å². The van der Waals surface area contributed by atoms with Gasteiger partial charge in [-0.1, -0.05) is 158 Å². The molecule has 336 valence electrons. The van der Waals surface area contributed by atoms with Crippen LogP contribution in [0.1, 0.15) is 110 Å². The molecule has 2 saturated carbocycles. The maximum absolute atomic E-state index is 15.0. The highest BCUT2D eigenvalue weighted by molar-refractivity contribution is 5.95. The van der Waals surface area contributed by atoms with Gasteiger partial charge in [-0.05, 0) is 83.8 Å². The maximum Gasteiger partial charge on any atom is 0.432 e. The smallest absolute Gasteiger partial charge is 0.432 e. The summed E-state index contributed by atoms with van der Waals surface area (Å²) in [6, 6.07) is 26.9. The number of benzene rings is 3. The summed E-state index contributed by atoms with van der Waals surface area (Å²) in [4.78, 5) is 43.9. The number of hydrogen-bond acceptors (Lipinski definition) is 7. The van der Waals surface area contributed by atoms with Crippen LogP contribution in [0.4, 0.5) is 13.2 Å². The quantitative estimate of drug-likeness (QED) is 0.0732. The summed E-state index contributed by atoms with van der Waals surface area (Å²) in [5, 5.41) is 0. The van der Waals surface area contributed by atoms with Crippen LogP contribution >= 0.6 is 0 Å². The molecule has 0 amide bonds. The Kier molecular flexibility index (Phi) is 14.5. The van der Waals surface area contributed by atoms with Crippen LogP contribution in [-0.4, -0.2) is 49.5 Å². The van der Waals surface area contributed by atoms with Gasteiger partial charge in [-0.25, -0.2) is 4.79 Å². The van der Waals surface area contributed by atoms with Crippen LogP contribution in [0.15, 0.2) is 103 Å². The van der Waals surface area contributed by atoms with Crippen LogP contribution in [0.5, 0.6) is 0 Å². The Hall–Kier alpha value is -4.44. The predicted molar refractivity (Wildman–Crippen MR) is 233 cm³/mol. The molecular weight excluding hydrogens is 794 g/mol. The number of allylic oxidation sites excluding steroid dienone is 1. The molecule has 0 saturated heterocycles. The van der Waals surface area contributed by atoms with Crippen molar-refractivity contribution in [2.75, 3.05) is 7.11 Å². The summed E-state index contributed by atoms with van der Waals surface area (Å²) in [5.41, 5.74) is -2.35. The largest absolute Gasteiger partial charge is 0.461 e. The predicted octanol–water partition coefficient (Wildman–Crippen LogP) is 11.5. The van der Waals surface area contributed by atoms with Crippen molar-refractivity contribution in [3.8, 4) is 0 Å². The van der Waals surface area contributed by atoms with Gasteiger partial charge in [-0.3, -0.25) is 9.59 Å². The van der Waals surface area contributed by atoms with Crippen molar-refractivity contribution >= 4 is 17.9 Å². The summed E-state index contributed by atoms with van der Waals surface area (Å²) in [7, 11) is 0.822. The van der Waals surface area contributed by atoms with E-state index in [1.54, 1.807) is 6.08 Å². The summed E-state index contributed by atoms with van der Waals surface area (Å²) >= 11 is 0. The summed E-state index contributed by atoms with van der Waals surface area (Å²) in [6.07, 6.45) is 0.440. The Bertz CT molecular complexity index is 1910. The number of ether oxygens (including phenoxy) is 4. The third-order valence-electron chi connectivity index (χ3n) is 14.7. The summed E-state index contributed by atoms with van der Waals surface area (Å²) in [5.74, 6) is -5.39. The zero-order chi connectivity index (χ0) is 45.0. The molecule has 0 aromatic heterocycles. The minimum Gasteiger partial charge on any atom is -0.461 e. The van der Waals surface area contributed by atoms with E-state index in [4.69, 9.17) is 18.9 Å². The first-order valence-corrected chi connectivity index (χ1v) is 22.4. The van der Waals surface area contributed by atoms with Crippen molar-refractivity contribution in [1.82, 2.24) is 0 Å². The van der Waals surface area contributed by atoms with Crippen molar-refractivity contribution in [3.05, 3.63) is 120 Å². The second-order valence-electron chi connectivity index (χ2n) is 19.5. The third-order valence-corrected chi connectivity index (χ3v) is 14.7. The topological polar surface area (TPSA) is 88.1 Å². The van der Waals surface area contributed by atoms with Gasteiger partial charge >= 0.3 is 24.1 Å². The SMILES string of the molecule is CO[C@@](C(=O)O[C@H]1C=C[C@@H](C)[C@@H](C(C(=O)O[C@@H]2C[C@H](C)CC[C@H]2C(C)(C)c2ccccc2)C(=O)O[C@@H]2C[C@H](C)CC[C@H]2C(C)(C)c2ccccc2)C1)(c1ccccc1)C(F)(F)F. The number of carbonyl (C=O) groups is 3. The van der Waals surface area contributed by atoms with Gasteiger partial charge in [-0.2, -0.15) is 13.2 Å². The van der Waals surface area contributed by atoms with E-state index >= 15 is 9.59 Å². The number of esters is 3. The summed E-state index contributed by atoms with van der Waals surface area (Å²) in [6.45, 7) is 14.8. The Balaban J connectivity index is 1.34. The molecule has 62 heavy (non-hydrogen) atoms. The number of halogens is 3. The van der Waals surface area contributed by atoms with Gasteiger partial charge in [0.15, 0.2) is 5.92 Å². The van der Waals surface area contributed by atoms with E-state index in [-0.39, 0.29) is 40.9 Å². The van der Waals surface area contributed by atoms with Crippen LogP contribution in [0, 0.1) is 41.4 Å². The normalized spacial score (nSPS) is 28.1. The molecule has 0 aliphatic heterocycles. The summed E-state index contributed by atoms with van der Waals surface area (Å²) < 4.78 is 68.7. The number of alkyl halides is 3. The molecule has 10 atom stereocenters. The first kappa shape index (κ1) is 47.0. The second-order valence-corrected chi connectivity index (χ2v) is 19.5. The van der Waals surface area contributed by atoms with E-state index in [0.717, 1.165) is 43.9 Å². The highest BCUT2D eigenvalue weighted by atomic mass is 19.4. The molecule has 6 rings (SSSR count). The van der Waals surface area contributed by atoms with E-state index in [2.05, 4.69) is 65.8 Å². The highest BCUT2D eigenvalue weighted by Gasteiger charge is 2.64. The van der Waals surface area contributed by atoms with E-state index < -0.39 is 71.3 Å². The zero-order valence-corrected chi connectivity index (χ0v) is 37.5. The Labute approximate surface area is 366 Å². The highest BCUT2D eigenvalue weighted by Crippen LogP contribution is 2.48. The van der Waals surface area contributed by atoms with Crippen molar-refractivity contribution in [2.45, 2.75) is 134 Å². The van der Waals surface area contributed by atoms with Crippen molar-refractivity contribution in [2.24, 2.45) is 41.4 Å². The van der Waals surface area contributed by atoms with Gasteiger partial charge in [0.05, 0.1) is 0 Å². The standard InChI is InChI=1S/C52H65F3O7/c1-33-24-28-41(49(4,5)36-18-12-9-13-19-36)43(30-33)61-46(56)45(47(57)62-44-31-34(2)25-29-42(44)50(6,7)37-20-14-10-15-21-37)40-32-39(27-26-35(40)3)60-48(58)51(59-8,52(53,54)55)38-22-16-11-17-23-38/h9-23,26-27,33-35,39-45H,24-25,28-32H2,1-8H3/t33-,34-,35-,39+,40+,41-,42-,43-,44-,51-/m1/s1. The molecule has 0 unspecified atom stereocenters. The van der Waals surface area contributed by atoms with Gasteiger partial charge in [0.2, 0.25) is 0 Å². The zero-order valence-electron chi connectivity index (χ0n) is 37.5.